The number of hydrogen-bond donors (Lipinski definition) is 1. The maximum absolute atomic E-state index is 6.08. The summed E-state index contributed by atoms with van der Waals surface area (Å²) in [6, 6.07) is 3.57. The number of fused-ring (bicyclic) bond motifs is 1. The van der Waals surface area contributed by atoms with Gasteiger partial charge in [0.25, 0.3) is 0 Å². The summed E-state index contributed by atoms with van der Waals surface area (Å²) in [5, 5.41) is 2.13. The number of aromatic amines is 1. The van der Waals surface area contributed by atoms with Gasteiger partial charge in [0.15, 0.2) is 0 Å². The smallest absolute Gasteiger partial charge is 0.144 e. The van der Waals surface area contributed by atoms with Crippen LogP contribution < -0.4 is 4.74 Å². The predicted molar refractivity (Wildman–Crippen MR) is 72.4 cm³/mol. The molecule has 0 aliphatic heterocycles. The molecular weight excluding hydrogens is 259 g/mol. The van der Waals surface area contributed by atoms with Gasteiger partial charge < -0.3 is 14.6 Å². The molecule has 0 radical (unpaired) electrons. The maximum Gasteiger partial charge on any atom is 0.144 e. The Morgan fingerprint density at radius 2 is 2.06 bits per heavy atom. The molecule has 0 amide bonds. The molecule has 1 N–H and O–H groups in total. The van der Waals surface area contributed by atoms with Crippen LogP contribution in [-0.2, 0) is 0 Å². The number of H-pyrrole nitrogens is 1. The number of halogens is 2. The summed E-state index contributed by atoms with van der Waals surface area (Å²) in [6.45, 7) is 1.49. The molecule has 0 aliphatic carbocycles. The zero-order valence-electron chi connectivity index (χ0n) is 9.76. The molecule has 3 nitrogen and oxygen atoms in total. The summed E-state index contributed by atoms with van der Waals surface area (Å²) in [6.07, 6.45) is 1.81. The summed E-state index contributed by atoms with van der Waals surface area (Å²) in [4.78, 5) is 5.16. The minimum Gasteiger partial charge on any atom is -0.490 e. The Morgan fingerprint density at radius 3 is 2.76 bits per heavy atom. The van der Waals surface area contributed by atoms with E-state index in [1.54, 1.807) is 6.07 Å². The van der Waals surface area contributed by atoms with Crippen LogP contribution in [-0.4, -0.2) is 37.1 Å². The van der Waals surface area contributed by atoms with Crippen molar-refractivity contribution in [1.82, 2.24) is 9.88 Å². The van der Waals surface area contributed by atoms with Gasteiger partial charge >= 0.3 is 0 Å². The van der Waals surface area contributed by atoms with E-state index in [4.69, 9.17) is 27.9 Å². The highest BCUT2D eigenvalue weighted by atomic mass is 35.5. The highest BCUT2D eigenvalue weighted by molar-refractivity contribution is 6.38. The van der Waals surface area contributed by atoms with Crippen LogP contribution in [0.4, 0.5) is 0 Å². The third-order valence-corrected chi connectivity index (χ3v) is 2.98. The van der Waals surface area contributed by atoms with Crippen LogP contribution in [0.5, 0.6) is 5.75 Å². The first-order chi connectivity index (χ1) is 8.08. The molecule has 2 rings (SSSR count). The number of aromatic nitrogens is 1. The summed E-state index contributed by atoms with van der Waals surface area (Å²) in [5.41, 5.74) is 0.857. The first-order valence-electron chi connectivity index (χ1n) is 5.31. The second-order valence-electron chi connectivity index (χ2n) is 4.11. The third kappa shape index (κ3) is 2.86. The molecule has 0 bridgehead atoms. The average Bonchev–Trinajstić information content (AvgIpc) is 2.61. The number of nitrogens with one attached hydrogen (secondary N) is 1. The molecule has 0 saturated carbocycles. The van der Waals surface area contributed by atoms with Gasteiger partial charge in [0, 0.05) is 23.2 Å². The van der Waals surface area contributed by atoms with Crippen molar-refractivity contribution in [3.8, 4) is 5.75 Å². The van der Waals surface area contributed by atoms with Crippen LogP contribution >= 0.6 is 23.2 Å². The lowest BCUT2D eigenvalue weighted by atomic mass is 10.2. The van der Waals surface area contributed by atoms with Crippen LogP contribution in [0.2, 0.25) is 10.0 Å². The lowest BCUT2D eigenvalue weighted by Gasteiger charge is -2.10. The van der Waals surface area contributed by atoms with Crippen LogP contribution in [0, 0.1) is 0 Å². The first-order valence-corrected chi connectivity index (χ1v) is 6.07. The first kappa shape index (κ1) is 12.6. The van der Waals surface area contributed by atoms with Crippen molar-refractivity contribution in [3.05, 3.63) is 28.4 Å². The average molecular weight is 273 g/mol. The molecule has 0 atom stereocenters. The molecule has 0 fully saturated rings. The second kappa shape index (κ2) is 5.17. The molecule has 0 saturated heterocycles. The fourth-order valence-electron chi connectivity index (χ4n) is 1.59. The summed E-state index contributed by atoms with van der Waals surface area (Å²) in [7, 11) is 4.01. The van der Waals surface area contributed by atoms with Crippen LogP contribution in [0.15, 0.2) is 18.3 Å². The summed E-state index contributed by atoms with van der Waals surface area (Å²) < 4.78 is 5.69. The van der Waals surface area contributed by atoms with Crippen molar-refractivity contribution < 1.29 is 4.74 Å². The minimum absolute atomic E-state index is 0.606. The number of nitrogens with zero attached hydrogens (tertiary/aromatic N) is 1. The van der Waals surface area contributed by atoms with Crippen molar-refractivity contribution in [3.63, 3.8) is 0 Å². The summed E-state index contributed by atoms with van der Waals surface area (Å²) in [5.74, 6) is 0.784. The molecule has 0 spiro atoms. The Hall–Kier alpha value is -0.900. The van der Waals surface area contributed by atoms with Gasteiger partial charge in [-0.05, 0) is 26.2 Å². The molecule has 0 unspecified atom stereocenters. The zero-order valence-corrected chi connectivity index (χ0v) is 11.3. The van der Waals surface area contributed by atoms with Gasteiger partial charge in [-0.15, -0.1) is 0 Å². The minimum atomic E-state index is 0.606. The lowest BCUT2D eigenvalue weighted by Crippen LogP contribution is -2.19. The molecule has 5 heteroatoms. The normalized spacial score (nSPS) is 11.4. The van der Waals surface area contributed by atoms with Gasteiger partial charge in [0.2, 0.25) is 0 Å². The molecule has 0 aliphatic rings. The Labute approximate surface area is 110 Å². The number of benzene rings is 1. The van der Waals surface area contributed by atoms with Crippen LogP contribution in [0.1, 0.15) is 0 Å². The molecule has 92 valence electrons. The second-order valence-corrected chi connectivity index (χ2v) is 4.96. The van der Waals surface area contributed by atoms with E-state index in [-0.39, 0.29) is 0 Å². The number of ether oxygens (including phenoxy) is 1. The molecule has 1 heterocycles. The van der Waals surface area contributed by atoms with Crippen molar-refractivity contribution in [2.24, 2.45) is 0 Å². The van der Waals surface area contributed by atoms with Gasteiger partial charge in [-0.1, -0.05) is 23.2 Å². The third-order valence-electron chi connectivity index (χ3n) is 2.46. The topological polar surface area (TPSA) is 28.3 Å². The van der Waals surface area contributed by atoms with E-state index in [1.165, 1.54) is 0 Å². The van der Waals surface area contributed by atoms with E-state index in [2.05, 4.69) is 9.88 Å². The van der Waals surface area contributed by atoms with Crippen LogP contribution in [0.25, 0.3) is 10.9 Å². The zero-order chi connectivity index (χ0) is 12.4. The fraction of sp³-hybridized carbons (Fsp3) is 0.333. The molecule has 17 heavy (non-hydrogen) atoms. The van der Waals surface area contributed by atoms with Crippen molar-refractivity contribution >= 4 is 34.1 Å². The van der Waals surface area contributed by atoms with E-state index in [9.17, 15) is 0 Å². The van der Waals surface area contributed by atoms with Crippen LogP contribution in [0.3, 0.4) is 0 Å². The number of hydrogen-bond acceptors (Lipinski definition) is 2. The fourth-order valence-corrected chi connectivity index (χ4v) is 2.14. The van der Waals surface area contributed by atoms with Gasteiger partial charge in [-0.2, -0.15) is 0 Å². The highest BCUT2D eigenvalue weighted by Crippen LogP contribution is 2.33. The maximum atomic E-state index is 6.08. The molecular formula is C12H14Cl2N2O. The van der Waals surface area contributed by atoms with E-state index >= 15 is 0 Å². The Kier molecular flexibility index (Phi) is 3.82. The summed E-state index contributed by atoms with van der Waals surface area (Å²) >= 11 is 12.1. The van der Waals surface area contributed by atoms with Crippen molar-refractivity contribution in [1.29, 1.82) is 0 Å². The standard InChI is InChI=1S/C12H14Cl2N2O/c1-16(2)3-4-17-11-7-15-12-9(11)5-8(13)6-10(12)14/h5-7,15H,3-4H2,1-2H3. The number of likely N-dealkylation sites (N-methyl/N-ethyl adjacent to an activating group) is 1. The van der Waals surface area contributed by atoms with Gasteiger partial charge in [0.1, 0.15) is 12.4 Å². The predicted octanol–water partition coefficient (Wildman–Crippen LogP) is 3.42. The number of rotatable bonds is 4. The van der Waals surface area contributed by atoms with E-state index in [0.29, 0.717) is 16.7 Å². The molecule has 1 aromatic heterocycles. The Balaban J connectivity index is 2.23. The Bertz CT molecular complexity index is 522. The van der Waals surface area contributed by atoms with Gasteiger partial charge in [-0.25, -0.2) is 0 Å². The monoisotopic (exact) mass is 272 g/mol. The van der Waals surface area contributed by atoms with E-state index in [0.717, 1.165) is 23.2 Å². The molecule has 1 aromatic carbocycles. The van der Waals surface area contributed by atoms with Crippen molar-refractivity contribution in [2.45, 2.75) is 0 Å². The SMILES string of the molecule is CN(C)CCOc1c[nH]c2c(Cl)cc(Cl)cc12. The lowest BCUT2D eigenvalue weighted by molar-refractivity contribution is 0.263. The van der Waals surface area contributed by atoms with E-state index < -0.39 is 0 Å². The largest absolute Gasteiger partial charge is 0.490 e. The Morgan fingerprint density at radius 1 is 1.29 bits per heavy atom. The quantitative estimate of drug-likeness (QED) is 0.924. The van der Waals surface area contributed by atoms with E-state index in [1.807, 2.05) is 26.4 Å². The highest BCUT2D eigenvalue weighted by Gasteiger charge is 2.09. The molecule has 2 aromatic rings. The van der Waals surface area contributed by atoms with Gasteiger partial charge in [0.05, 0.1) is 10.5 Å². The van der Waals surface area contributed by atoms with Gasteiger partial charge in [-0.3, -0.25) is 0 Å². The van der Waals surface area contributed by atoms with Crippen molar-refractivity contribution in [2.75, 3.05) is 27.2 Å².